The lowest BCUT2D eigenvalue weighted by molar-refractivity contribution is -0.682. The maximum atomic E-state index is 12.4. The number of anilines is 1. The van der Waals surface area contributed by atoms with Crippen LogP contribution in [0.2, 0.25) is 0 Å². The Bertz CT molecular complexity index is 896. The predicted octanol–water partition coefficient (Wildman–Crippen LogP) is 4.23. The zero-order valence-electron chi connectivity index (χ0n) is 15.7. The zero-order valence-corrected chi connectivity index (χ0v) is 15.7. The molecule has 3 nitrogen and oxygen atoms in total. The van der Waals surface area contributed by atoms with Crippen LogP contribution >= 0.6 is 0 Å². The molecule has 0 aliphatic heterocycles. The van der Waals surface area contributed by atoms with E-state index in [2.05, 4.69) is 79.9 Å². The number of rotatable bonds is 6. The molecule has 0 saturated carbocycles. The van der Waals surface area contributed by atoms with Crippen LogP contribution in [0, 0.1) is 0 Å². The van der Waals surface area contributed by atoms with Crippen molar-refractivity contribution in [1.29, 1.82) is 0 Å². The van der Waals surface area contributed by atoms with Crippen molar-refractivity contribution >= 4 is 22.4 Å². The van der Waals surface area contributed by atoms with E-state index in [4.69, 9.17) is 0 Å². The lowest BCUT2D eigenvalue weighted by Crippen LogP contribution is -2.86. The maximum Gasteiger partial charge on any atom is 0.279 e. The quantitative estimate of drug-likeness (QED) is 0.689. The van der Waals surface area contributed by atoms with Crippen LogP contribution in [0.1, 0.15) is 43.9 Å². The van der Waals surface area contributed by atoms with Crippen molar-refractivity contribution in [3.63, 3.8) is 0 Å². The molecule has 0 aliphatic carbocycles. The summed E-state index contributed by atoms with van der Waals surface area (Å²) in [6.45, 7) is 6.83. The number of para-hydroxylation sites is 1. The number of hydrogen-bond donors (Lipinski definition) is 2. The molecule has 3 aromatic carbocycles. The molecule has 0 saturated heterocycles. The minimum absolute atomic E-state index is 0.0326. The number of fused-ring (bicyclic) bond motifs is 1. The summed E-state index contributed by atoms with van der Waals surface area (Å²) in [5.41, 5.74) is 3.35. The molecule has 3 N–H and O–H groups in total. The van der Waals surface area contributed by atoms with Crippen molar-refractivity contribution in [2.45, 2.75) is 32.7 Å². The van der Waals surface area contributed by atoms with Gasteiger partial charge in [-0.15, -0.1) is 0 Å². The summed E-state index contributed by atoms with van der Waals surface area (Å²) in [6.07, 6.45) is 0. The predicted molar refractivity (Wildman–Crippen MR) is 108 cm³/mol. The van der Waals surface area contributed by atoms with Crippen molar-refractivity contribution in [3.05, 3.63) is 77.9 Å². The van der Waals surface area contributed by atoms with Crippen molar-refractivity contribution in [3.8, 4) is 0 Å². The first kappa shape index (κ1) is 18.2. The Morgan fingerprint density at radius 1 is 0.885 bits per heavy atom. The van der Waals surface area contributed by atoms with Crippen molar-refractivity contribution in [2.75, 3.05) is 11.9 Å². The first-order valence-corrected chi connectivity index (χ1v) is 9.26. The van der Waals surface area contributed by atoms with Crippen LogP contribution in [-0.4, -0.2) is 12.5 Å². The number of nitrogens with one attached hydrogen (secondary N) is 1. The monoisotopic (exact) mass is 347 g/mol. The van der Waals surface area contributed by atoms with Crippen molar-refractivity contribution < 1.29 is 10.1 Å². The molecule has 3 aromatic rings. The van der Waals surface area contributed by atoms with Gasteiger partial charge in [0.2, 0.25) is 0 Å². The standard InChI is InChI=1S/C23H26N2O/c1-16(2)19-11-6-7-14-22(19)25-23(26)15-24-17(3)20-13-8-10-18-9-4-5-12-21(18)20/h4-14,16-17,24H,15H2,1-3H3,(H,25,26)/p+1/t17-/m0/s1. The van der Waals surface area contributed by atoms with Crippen LogP contribution in [0.4, 0.5) is 5.69 Å². The van der Waals surface area contributed by atoms with Crippen LogP contribution in [0.3, 0.4) is 0 Å². The zero-order chi connectivity index (χ0) is 18.5. The summed E-state index contributed by atoms with van der Waals surface area (Å²) in [4.78, 5) is 12.4. The molecule has 1 atom stereocenters. The van der Waals surface area contributed by atoms with E-state index < -0.39 is 0 Å². The Labute approximate surface area is 155 Å². The van der Waals surface area contributed by atoms with Gasteiger partial charge < -0.3 is 10.6 Å². The molecule has 0 fully saturated rings. The summed E-state index contributed by atoms with van der Waals surface area (Å²) >= 11 is 0. The third-order valence-corrected chi connectivity index (χ3v) is 4.83. The van der Waals surface area contributed by atoms with Crippen molar-refractivity contribution in [2.24, 2.45) is 0 Å². The second-order valence-electron chi connectivity index (χ2n) is 7.09. The number of carbonyl (C=O) groups is 1. The van der Waals surface area contributed by atoms with Gasteiger partial charge in [-0.2, -0.15) is 0 Å². The van der Waals surface area contributed by atoms with Gasteiger partial charge in [0.15, 0.2) is 6.54 Å². The highest BCUT2D eigenvalue weighted by molar-refractivity contribution is 5.92. The third kappa shape index (κ3) is 4.12. The molecule has 0 aromatic heterocycles. The number of quaternary nitrogens is 1. The fourth-order valence-corrected chi connectivity index (χ4v) is 3.37. The van der Waals surface area contributed by atoms with Gasteiger partial charge in [0.05, 0.1) is 0 Å². The molecule has 0 aliphatic rings. The Morgan fingerprint density at radius 3 is 2.35 bits per heavy atom. The molecule has 0 radical (unpaired) electrons. The molecule has 134 valence electrons. The highest BCUT2D eigenvalue weighted by Gasteiger charge is 2.15. The van der Waals surface area contributed by atoms with E-state index in [1.165, 1.54) is 21.9 Å². The largest absolute Gasteiger partial charge is 0.332 e. The fourth-order valence-electron chi connectivity index (χ4n) is 3.37. The molecule has 0 spiro atoms. The molecule has 0 bridgehead atoms. The SMILES string of the molecule is CC(C)c1ccccc1NC(=O)C[NH2+][C@@H](C)c1cccc2ccccc12. The van der Waals surface area contributed by atoms with Gasteiger partial charge in [-0.3, -0.25) is 4.79 Å². The normalized spacial score (nSPS) is 12.3. The lowest BCUT2D eigenvalue weighted by Gasteiger charge is -2.15. The average Bonchev–Trinajstić information content (AvgIpc) is 2.66. The van der Waals surface area contributed by atoms with E-state index in [1.54, 1.807) is 0 Å². The summed E-state index contributed by atoms with van der Waals surface area (Å²) in [5.74, 6) is 0.412. The highest BCUT2D eigenvalue weighted by Crippen LogP contribution is 2.24. The minimum atomic E-state index is 0.0326. The van der Waals surface area contributed by atoms with Gasteiger partial charge >= 0.3 is 0 Å². The summed E-state index contributed by atoms with van der Waals surface area (Å²) in [7, 11) is 0. The number of carbonyl (C=O) groups excluding carboxylic acids is 1. The Balaban J connectivity index is 1.66. The second-order valence-corrected chi connectivity index (χ2v) is 7.09. The van der Waals surface area contributed by atoms with Gasteiger partial charge in [0.1, 0.15) is 6.04 Å². The third-order valence-electron chi connectivity index (χ3n) is 4.83. The molecule has 0 unspecified atom stereocenters. The Kier molecular flexibility index (Phi) is 5.69. The summed E-state index contributed by atoms with van der Waals surface area (Å²) in [5, 5.41) is 7.65. The van der Waals surface area contributed by atoms with E-state index in [9.17, 15) is 4.79 Å². The van der Waals surface area contributed by atoms with Crippen LogP contribution in [0.25, 0.3) is 10.8 Å². The van der Waals surface area contributed by atoms with Gasteiger partial charge in [-0.05, 0) is 35.2 Å². The van der Waals surface area contributed by atoms with E-state index >= 15 is 0 Å². The van der Waals surface area contributed by atoms with Crippen molar-refractivity contribution in [1.82, 2.24) is 0 Å². The Hall–Kier alpha value is -2.65. The van der Waals surface area contributed by atoms with Gasteiger partial charge in [0, 0.05) is 11.3 Å². The smallest absolute Gasteiger partial charge is 0.279 e. The topological polar surface area (TPSA) is 45.7 Å². The van der Waals surface area contributed by atoms with E-state index in [0.717, 1.165) is 5.69 Å². The van der Waals surface area contributed by atoms with Gasteiger partial charge in [-0.1, -0.05) is 74.5 Å². The molecule has 3 heteroatoms. The second kappa shape index (κ2) is 8.15. The molecular weight excluding hydrogens is 320 g/mol. The average molecular weight is 347 g/mol. The highest BCUT2D eigenvalue weighted by atomic mass is 16.1. The van der Waals surface area contributed by atoms with E-state index in [-0.39, 0.29) is 11.9 Å². The summed E-state index contributed by atoms with van der Waals surface area (Å²) in [6, 6.07) is 23.0. The molecule has 26 heavy (non-hydrogen) atoms. The van der Waals surface area contributed by atoms with Crippen LogP contribution in [0.5, 0.6) is 0 Å². The van der Waals surface area contributed by atoms with Crippen LogP contribution in [0.15, 0.2) is 66.7 Å². The maximum absolute atomic E-state index is 12.4. The van der Waals surface area contributed by atoms with Gasteiger partial charge in [-0.25, -0.2) is 0 Å². The summed E-state index contributed by atoms with van der Waals surface area (Å²) < 4.78 is 0. The van der Waals surface area contributed by atoms with Gasteiger partial charge in [0.25, 0.3) is 5.91 Å². The first-order chi connectivity index (χ1) is 12.6. The lowest BCUT2D eigenvalue weighted by atomic mass is 9.99. The van der Waals surface area contributed by atoms with E-state index in [0.29, 0.717) is 12.5 Å². The molecule has 0 heterocycles. The van der Waals surface area contributed by atoms with Crippen LogP contribution in [-0.2, 0) is 4.79 Å². The molecule has 3 rings (SSSR count). The number of benzene rings is 3. The molecular formula is C23H27N2O+. The number of hydrogen-bond acceptors (Lipinski definition) is 1. The number of nitrogens with two attached hydrogens (primary N) is 1. The number of amides is 1. The van der Waals surface area contributed by atoms with E-state index in [1.807, 2.05) is 18.2 Å². The fraction of sp³-hybridized carbons (Fsp3) is 0.261. The first-order valence-electron chi connectivity index (χ1n) is 9.26. The Morgan fingerprint density at radius 2 is 1.54 bits per heavy atom. The molecule has 1 amide bonds. The minimum Gasteiger partial charge on any atom is -0.332 e. The van der Waals surface area contributed by atoms with Crippen LogP contribution < -0.4 is 10.6 Å².